The molecule has 1 aliphatic heterocycles. The van der Waals surface area contributed by atoms with Crippen molar-refractivity contribution in [3.8, 4) is 0 Å². The van der Waals surface area contributed by atoms with E-state index in [0.29, 0.717) is 25.3 Å². The van der Waals surface area contributed by atoms with Gasteiger partial charge in [0.15, 0.2) is 0 Å². The minimum absolute atomic E-state index is 0.103. The van der Waals surface area contributed by atoms with E-state index in [9.17, 15) is 4.79 Å². The van der Waals surface area contributed by atoms with Crippen molar-refractivity contribution in [3.63, 3.8) is 0 Å². The number of pyridine rings is 1. The first-order chi connectivity index (χ1) is 7.74. The Kier molecular flexibility index (Phi) is 3.01. The van der Waals surface area contributed by atoms with Gasteiger partial charge in [0.25, 0.3) is 0 Å². The Morgan fingerprint density at radius 3 is 3.12 bits per heavy atom. The third-order valence-electron chi connectivity index (χ3n) is 2.81. The molecule has 2 N–H and O–H groups in total. The second kappa shape index (κ2) is 4.45. The number of nitrogens with two attached hydrogens (primary N) is 1. The van der Waals surface area contributed by atoms with Crippen LogP contribution in [0.3, 0.4) is 0 Å². The first-order valence-electron chi connectivity index (χ1n) is 5.32. The highest BCUT2D eigenvalue weighted by molar-refractivity contribution is 5.95. The van der Waals surface area contributed by atoms with Crippen molar-refractivity contribution in [2.24, 2.45) is 11.7 Å². The summed E-state index contributed by atoms with van der Waals surface area (Å²) in [6.45, 7) is 4.85. The van der Waals surface area contributed by atoms with Gasteiger partial charge in [0.1, 0.15) is 5.82 Å². The van der Waals surface area contributed by atoms with Crippen molar-refractivity contribution in [2.75, 3.05) is 11.4 Å². The molecule has 1 unspecified atom stereocenters. The number of hydrogen-bond acceptors (Lipinski definition) is 3. The van der Waals surface area contributed by atoms with Crippen LogP contribution in [0.4, 0.5) is 5.82 Å². The topological polar surface area (TPSA) is 59.2 Å². The van der Waals surface area contributed by atoms with Crippen LogP contribution in [0.1, 0.15) is 12.0 Å². The summed E-state index contributed by atoms with van der Waals surface area (Å²) in [7, 11) is 0. The van der Waals surface area contributed by atoms with Gasteiger partial charge in [-0.1, -0.05) is 6.08 Å². The Balaban J connectivity index is 2.23. The van der Waals surface area contributed by atoms with E-state index in [0.717, 1.165) is 5.56 Å². The number of anilines is 1. The maximum atomic E-state index is 11.8. The molecule has 1 fully saturated rings. The molecular weight excluding hydrogens is 202 g/mol. The lowest BCUT2D eigenvalue weighted by atomic mass is 10.1. The molecule has 0 bridgehead atoms. The third-order valence-corrected chi connectivity index (χ3v) is 2.81. The van der Waals surface area contributed by atoms with Crippen molar-refractivity contribution in [1.82, 2.24) is 4.98 Å². The van der Waals surface area contributed by atoms with Gasteiger partial charge in [0.05, 0.1) is 0 Å². The first-order valence-corrected chi connectivity index (χ1v) is 5.32. The molecule has 16 heavy (non-hydrogen) atoms. The maximum absolute atomic E-state index is 11.8. The van der Waals surface area contributed by atoms with Crippen LogP contribution >= 0.6 is 0 Å². The van der Waals surface area contributed by atoms with Crippen molar-refractivity contribution >= 4 is 11.7 Å². The zero-order valence-electron chi connectivity index (χ0n) is 9.10. The minimum Gasteiger partial charge on any atom is -0.326 e. The predicted octanol–water partition coefficient (Wildman–Crippen LogP) is 1.08. The van der Waals surface area contributed by atoms with Crippen molar-refractivity contribution in [2.45, 2.75) is 13.0 Å². The number of aromatic nitrogens is 1. The summed E-state index contributed by atoms with van der Waals surface area (Å²) in [5, 5.41) is 0. The van der Waals surface area contributed by atoms with Gasteiger partial charge < -0.3 is 5.73 Å². The average Bonchev–Trinajstić information content (AvgIpc) is 2.71. The van der Waals surface area contributed by atoms with Crippen LogP contribution in [-0.2, 0) is 11.3 Å². The summed E-state index contributed by atoms with van der Waals surface area (Å²) in [4.78, 5) is 17.7. The summed E-state index contributed by atoms with van der Waals surface area (Å²) in [5.74, 6) is 1.03. The van der Waals surface area contributed by atoms with Gasteiger partial charge in [0.2, 0.25) is 5.91 Å². The van der Waals surface area contributed by atoms with Gasteiger partial charge in [-0.2, -0.15) is 0 Å². The van der Waals surface area contributed by atoms with E-state index < -0.39 is 0 Å². The molecule has 0 aromatic carbocycles. The molecular formula is C12H15N3O. The van der Waals surface area contributed by atoms with E-state index in [-0.39, 0.29) is 11.8 Å². The van der Waals surface area contributed by atoms with Crippen molar-refractivity contribution < 1.29 is 4.79 Å². The smallest absolute Gasteiger partial charge is 0.228 e. The standard InChI is InChI=1S/C12H15N3O/c1-2-9-6-12(16)15(8-9)11-5-10(7-13)3-4-14-11/h2-5,9H,1,6-8,13H2. The van der Waals surface area contributed by atoms with Gasteiger partial charge >= 0.3 is 0 Å². The number of hydrogen-bond donors (Lipinski definition) is 1. The molecule has 4 nitrogen and oxygen atoms in total. The summed E-state index contributed by atoms with van der Waals surface area (Å²) in [5.41, 5.74) is 6.54. The highest BCUT2D eigenvalue weighted by atomic mass is 16.2. The Labute approximate surface area is 94.8 Å². The molecule has 0 radical (unpaired) electrons. The van der Waals surface area contributed by atoms with Crippen LogP contribution in [0, 0.1) is 5.92 Å². The summed E-state index contributed by atoms with van der Waals surface area (Å²) in [6.07, 6.45) is 4.04. The number of amides is 1. The highest BCUT2D eigenvalue weighted by Gasteiger charge is 2.29. The van der Waals surface area contributed by atoms with E-state index in [1.165, 1.54) is 0 Å². The van der Waals surface area contributed by atoms with E-state index in [2.05, 4.69) is 11.6 Å². The minimum atomic E-state index is 0.103. The molecule has 1 aromatic rings. The molecule has 1 saturated heterocycles. The molecule has 4 heteroatoms. The second-order valence-electron chi connectivity index (χ2n) is 3.93. The third kappa shape index (κ3) is 1.97. The van der Waals surface area contributed by atoms with Gasteiger partial charge in [-0.3, -0.25) is 9.69 Å². The number of carbonyl (C=O) groups excluding carboxylic acids is 1. The molecule has 2 rings (SSSR count). The average molecular weight is 217 g/mol. The fourth-order valence-corrected chi connectivity index (χ4v) is 1.85. The zero-order valence-corrected chi connectivity index (χ0v) is 9.10. The van der Waals surface area contributed by atoms with E-state index in [1.807, 2.05) is 18.2 Å². The van der Waals surface area contributed by atoms with Crippen molar-refractivity contribution in [1.29, 1.82) is 0 Å². The van der Waals surface area contributed by atoms with E-state index in [4.69, 9.17) is 5.73 Å². The number of rotatable bonds is 3. The van der Waals surface area contributed by atoms with Crippen LogP contribution < -0.4 is 10.6 Å². The van der Waals surface area contributed by atoms with Crippen LogP contribution in [0.2, 0.25) is 0 Å². The summed E-state index contributed by atoms with van der Waals surface area (Å²) >= 11 is 0. The van der Waals surface area contributed by atoms with Crippen LogP contribution in [0.5, 0.6) is 0 Å². The zero-order chi connectivity index (χ0) is 11.5. The molecule has 1 aromatic heterocycles. The Morgan fingerprint density at radius 2 is 2.50 bits per heavy atom. The van der Waals surface area contributed by atoms with Crippen LogP contribution in [0.25, 0.3) is 0 Å². The molecule has 1 atom stereocenters. The largest absolute Gasteiger partial charge is 0.326 e. The van der Waals surface area contributed by atoms with Gasteiger partial charge in [-0.05, 0) is 17.7 Å². The lowest BCUT2D eigenvalue weighted by molar-refractivity contribution is -0.117. The molecule has 0 saturated carbocycles. The summed E-state index contributed by atoms with van der Waals surface area (Å²) in [6, 6.07) is 3.72. The van der Waals surface area contributed by atoms with E-state index in [1.54, 1.807) is 11.1 Å². The lowest BCUT2D eigenvalue weighted by Crippen LogP contribution is -2.25. The molecule has 84 valence electrons. The lowest BCUT2D eigenvalue weighted by Gasteiger charge is -2.15. The van der Waals surface area contributed by atoms with Gasteiger partial charge in [-0.15, -0.1) is 6.58 Å². The monoisotopic (exact) mass is 217 g/mol. The van der Waals surface area contributed by atoms with Crippen LogP contribution in [-0.4, -0.2) is 17.4 Å². The first kappa shape index (κ1) is 10.8. The highest BCUT2D eigenvalue weighted by Crippen LogP contribution is 2.24. The predicted molar refractivity (Wildman–Crippen MR) is 62.8 cm³/mol. The summed E-state index contributed by atoms with van der Waals surface area (Å²) < 4.78 is 0. The fraction of sp³-hybridized carbons (Fsp3) is 0.333. The van der Waals surface area contributed by atoms with E-state index >= 15 is 0 Å². The normalized spacial score (nSPS) is 20.2. The quantitative estimate of drug-likeness (QED) is 0.771. The number of nitrogens with zero attached hydrogens (tertiary/aromatic N) is 2. The Hall–Kier alpha value is -1.68. The molecule has 1 aliphatic rings. The molecule has 1 amide bonds. The molecule has 0 spiro atoms. The second-order valence-corrected chi connectivity index (χ2v) is 3.93. The van der Waals surface area contributed by atoms with Crippen molar-refractivity contribution in [3.05, 3.63) is 36.5 Å². The van der Waals surface area contributed by atoms with Gasteiger partial charge in [-0.25, -0.2) is 4.98 Å². The van der Waals surface area contributed by atoms with Gasteiger partial charge in [0, 0.05) is 31.6 Å². The molecule has 2 heterocycles. The Bertz CT molecular complexity index is 416. The number of carbonyl (C=O) groups is 1. The SMILES string of the molecule is C=CC1CC(=O)N(c2cc(CN)ccn2)C1. The fourth-order valence-electron chi connectivity index (χ4n) is 1.85. The van der Waals surface area contributed by atoms with Crippen LogP contribution in [0.15, 0.2) is 31.0 Å². The maximum Gasteiger partial charge on any atom is 0.228 e. The Morgan fingerprint density at radius 1 is 1.69 bits per heavy atom. The molecule has 0 aliphatic carbocycles.